The average molecular weight is 259 g/mol. The van der Waals surface area contributed by atoms with Gasteiger partial charge in [0, 0.05) is 4.88 Å². The summed E-state index contributed by atoms with van der Waals surface area (Å²) in [4.78, 5) is 14.1. The van der Waals surface area contributed by atoms with Crippen molar-refractivity contribution in [3.05, 3.63) is 57.3 Å². The molecule has 1 unspecified atom stereocenters. The maximum Gasteiger partial charge on any atom is 0.261 e. The zero-order valence-electron chi connectivity index (χ0n) is 10.9. The van der Waals surface area contributed by atoms with Crippen LogP contribution in [0.1, 0.15) is 38.6 Å². The maximum absolute atomic E-state index is 12.1. The minimum absolute atomic E-state index is 0.00699. The molecule has 0 aliphatic carbocycles. The molecule has 1 atom stereocenters. The summed E-state index contributed by atoms with van der Waals surface area (Å²) in [5.74, 6) is 0.00699. The normalized spacial score (nSPS) is 12.2. The Morgan fingerprint density at radius 2 is 1.89 bits per heavy atom. The Kier molecular flexibility index (Phi) is 3.82. The van der Waals surface area contributed by atoms with Gasteiger partial charge < -0.3 is 5.32 Å². The van der Waals surface area contributed by atoms with Crippen molar-refractivity contribution in [1.29, 1.82) is 0 Å². The number of thiophene rings is 1. The van der Waals surface area contributed by atoms with Crippen molar-refractivity contribution < 1.29 is 4.79 Å². The maximum atomic E-state index is 12.1. The van der Waals surface area contributed by atoms with Gasteiger partial charge in [-0.05, 0) is 38.0 Å². The summed E-state index contributed by atoms with van der Waals surface area (Å²) in [6.45, 7) is 6.07. The molecule has 0 fully saturated rings. The molecule has 94 valence electrons. The van der Waals surface area contributed by atoms with Gasteiger partial charge in [-0.25, -0.2) is 0 Å². The van der Waals surface area contributed by atoms with Crippen LogP contribution in [-0.4, -0.2) is 5.91 Å². The number of benzene rings is 1. The van der Waals surface area contributed by atoms with Crippen molar-refractivity contribution in [2.75, 3.05) is 0 Å². The van der Waals surface area contributed by atoms with E-state index in [1.807, 2.05) is 57.2 Å². The number of amides is 1. The Bertz CT molecular complexity index is 525. The third-order valence-electron chi connectivity index (χ3n) is 3.04. The lowest BCUT2D eigenvalue weighted by Crippen LogP contribution is -2.25. The molecule has 3 heteroatoms. The van der Waals surface area contributed by atoms with Crippen LogP contribution in [0.15, 0.2) is 36.4 Å². The molecule has 0 saturated heterocycles. The summed E-state index contributed by atoms with van der Waals surface area (Å²) < 4.78 is 0. The predicted molar refractivity (Wildman–Crippen MR) is 76.1 cm³/mol. The molecule has 1 aromatic carbocycles. The van der Waals surface area contributed by atoms with Gasteiger partial charge in [-0.2, -0.15) is 0 Å². The summed E-state index contributed by atoms with van der Waals surface area (Å²) >= 11 is 1.55. The zero-order chi connectivity index (χ0) is 13.1. The molecule has 2 rings (SSSR count). The van der Waals surface area contributed by atoms with E-state index in [9.17, 15) is 4.79 Å². The molecular formula is C15H17NOS. The molecule has 2 nitrogen and oxygen atoms in total. The largest absolute Gasteiger partial charge is 0.345 e. The summed E-state index contributed by atoms with van der Waals surface area (Å²) in [6, 6.07) is 12.0. The fourth-order valence-electron chi connectivity index (χ4n) is 1.78. The van der Waals surface area contributed by atoms with Gasteiger partial charge in [0.15, 0.2) is 0 Å². The molecule has 1 N–H and O–H groups in total. The van der Waals surface area contributed by atoms with Crippen molar-refractivity contribution in [2.24, 2.45) is 0 Å². The van der Waals surface area contributed by atoms with Gasteiger partial charge in [0.1, 0.15) is 0 Å². The van der Waals surface area contributed by atoms with E-state index in [1.54, 1.807) is 11.3 Å². The van der Waals surface area contributed by atoms with E-state index in [1.165, 1.54) is 10.4 Å². The number of rotatable bonds is 3. The summed E-state index contributed by atoms with van der Waals surface area (Å²) in [6.07, 6.45) is 0. The van der Waals surface area contributed by atoms with Crippen LogP contribution >= 0.6 is 11.3 Å². The second kappa shape index (κ2) is 5.36. The van der Waals surface area contributed by atoms with Crippen molar-refractivity contribution >= 4 is 17.2 Å². The molecule has 1 aromatic heterocycles. The van der Waals surface area contributed by atoms with Crippen molar-refractivity contribution in [2.45, 2.75) is 26.8 Å². The number of carbonyl (C=O) groups is 1. The van der Waals surface area contributed by atoms with Crippen LogP contribution in [0.25, 0.3) is 0 Å². The van der Waals surface area contributed by atoms with Gasteiger partial charge in [-0.3, -0.25) is 4.79 Å². The van der Waals surface area contributed by atoms with Crippen LogP contribution in [0.5, 0.6) is 0 Å². The molecule has 0 radical (unpaired) electrons. The van der Waals surface area contributed by atoms with Crippen LogP contribution in [-0.2, 0) is 0 Å². The Hall–Kier alpha value is -1.61. The van der Waals surface area contributed by atoms with E-state index in [0.717, 1.165) is 10.4 Å². The number of carbonyl (C=O) groups excluding carboxylic acids is 1. The monoisotopic (exact) mass is 259 g/mol. The Morgan fingerprint density at radius 3 is 2.44 bits per heavy atom. The number of hydrogen-bond acceptors (Lipinski definition) is 2. The Morgan fingerprint density at radius 1 is 1.22 bits per heavy atom. The van der Waals surface area contributed by atoms with Crippen LogP contribution in [0.4, 0.5) is 0 Å². The predicted octanol–water partition coefficient (Wildman–Crippen LogP) is 3.86. The minimum atomic E-state index is 0.00699. The van der Waals surface area contributed by atoms with Gasteiger partial charge >= 0.3 is 0 Å². The zero-order valence-corrected chi connectivity index (χ0v) is 11.7. The highest BCUT2D eigenvalue weighted by Gasteiger charge is 2.13. The van der Waals surface area contributed by atoms with Crippen LogP contribution in [0.2, 0.25) is 0 Å². The highest BCUT2D eigenvalue weighted by molar-refractivity contribution is 7.14. The summed E-state index contributed by atoms with van der Waals surface area (Å²) in [5, 5.41) is 3.02. The molecule has 1 amide bonds. The van der Waals surface area contributed by atoms with E-state index in [0.29, 0.717) is 0 Å². The van der Waals surface area contributed by atoms with Crippen molar-refractivity contribution in [3.8, 4) is 0 Å². The standard InChI is InChI=1S/C15H17NOS/c1-10-9-14(18-12(10)3)15(17)16-11(2)13-7-5-4-6-8-13/h4-9,11H,1-3H3,(H,16,17). The highest BCUT2D eigenvalue weighted by atomic mass is 32.1. The molecule has 18 heavy (non-hydrogen) atoms. The number of aryl methyl sites for hydroxylation is 2. The van der Waals surface area contributed by atoms with Gasteiger partial charge in [-0.1, -0.05) is 30.3 Å². The molecule has 2 aromatic rings. The van der Waals surface area contributed by atoms with E-state index in [4.69, 9.17) is 0 Å². The van der Waals surface area contributed by atoms with E-state index in [-0.39, 0.29) is 11.9 Å². The Labute approximate surface area is 112 Å². The molecule has 0 saturated carbocycles. The third kappa shape index (κ3) is 2.79. The van der Waals surface area contributed by atoms with E-state index < -0.39 is 0 Å². The quantitative estimate of drug-likeness (QED) is 0.891. The molecule has 0 aliphatic rings. The minimum Gasteiger partial charge on any atom is -0.345 e. The lowest BCUT2D eigenvalue weighted by atomic mass is 10.1. The Balaban J connectivity index is 2.08. The summed E-state index contributed by atoms with van der Waals surface area (Å²) in [5.41, 5.74) is 2.30. The van der Waals surface area contributed by atoms with Crippen LogP contribution in [0.3, 0.4) is 0 Å². The smallest absolute Gasteiger partial charge is 0.261 e. The lowest BCUT2D eigenvalue weighted by molar-refractivity contribution is 0.0944. The third-order valence-corrected chi connectivity index (χ3v) is 4.19. The van der Waals surface area contributed by atoms with E-state index in [2.05, 4.69) is 5.32 Å². The topological polar surface area (TPSA) is 29.1 Å². The lowest BCUT2D eigenvalue weighted by Gasteiger charge is -2.13. The first kappa shape index (κ1) is 12.8. The van der Waals surface area contributed by atoms with Gasteiger partial charge in [0.2, 0.25) is 0 Å². The van der Waals surface area contributed by atoms with Gasteiger partial charge in [0.05, 0.1) is 10.9 Å². The fraction of sp³-hybridized carbons (Fsp3) is 0.267. The second-order valence-corrected chi connectivity index (χ2v) is 5.71. The second-order valence-electron chi connectivity index (χ2n) is 4.46. The number of hydrogen-bond donors (Lipinski definition) is 1. The molecule has 0 aliphatic heterocycles. The first-order chi connectivity index (χ1) is 8.58. The molecule has 0 bridgehead atoms. The van der Waals surface area contributed by atoms with Crippen molar-refractivity contribution in [3.63, 3.8) is 0 Å². The first-order valence-corrected chi connectivity index (χ1v) is 6.82. The SMILES string of the molecule is Cc1cc(C(=O)NC(C)c2ccccc2)sc1C. The van der Waals surface area contributed by atoms with Crippen LogP contribution in [0, 0.1) is 13.8 Å². The van der Waals surface area contributed by atoms with Gasteiger partial charge in [-0.15, -0.1) is 11.3 Å². The average Bonchev–Trinajstić information content (AvgIpc) is 2.71. The highest BCUT2D eigenvalue weighted by Crippen LogP contribution is 2.21. The molecule has 1 heterocycles. The van der Waals surface area contributed by atoms with Crippen molar-refractivity contribution in [1.82, 2.24) is 5.32 Å². The molecular weight excluding hydrogens is 242 g/mol. The number of nitrogens with one attached hydrogen (secondary N) is 1. The van der Waals surface area contributed by atoms with E-state index >= 15 is 0 Å². The van der Waals surface area contributed by atoms with Gasteiger partial charge in [0.25, 0.3) is 5.91 Å². The summed E-state index contributed by atoms with van der Waals surface area (Å²) in [7, 11) is 0. The first-order valence-electron chi connectivity index (χ1n) is 6.01. The fourth-order valence-corrected chi connectivity index (χ4v) is 2.71. The van der Waals surface area contributed by atoms with Crippen LogP contribution < -0.4 is 5.32 Å². The molecule has 0 spiro atoms.